The van der Waals surface area contributed by atoms with Crippen LogP contribution in [0.3, 0.4) is 0 Å². The van der Waals surface area contributed by atoms with Crippen LogP contribution in [0.15, 0.2) is 36.7 Å². The summed E-state index contributed by atoms with van der Waals surface area (Å²) >= 11 is 0. The van der Waals surface area contributed by atoms with Crippen molar-refractivity contribution in [3.8, 4) is 11.1 Å². The topological polar surface area (TPSA) is 112 Å². The van der Waals surface area contributed by atoms with Crippen LogP contribution in [0.2, 0.25) is 0 Å². The van der Waals surface area contributed by atoms with E-state index in [2.05, 4.69) is 27.9 Å². The van der Waals surface area contributed by atoms with Crippen LogP contribution in [0.4, 0.5) is 5.82 Å². The number of anilines is 1. The highest BCUT2D eigenvalue weighted by atomic mass is 32.2. The monoisotopic (exact) mass is 469 g/mol. The Morgan fingerprint density at radius 2 is 1.94 bits per heavy atom. The number of nitrogens with zero attached hydrogens (tertiary/aromatic N) is 3. The molecule has 8 nitrogen and oxygen atoms in total. The van der Waals surface area contributed by atoms with E-state index in [0.717, 1.165) is 52.8 Å². The molecule has 1 amide bonds. The van der Waals surface area contributed by atoms with E-state index >= 15 is 0 Å². The Morgan fingerprint density at radius 3 is 2.52 bits per heavy atom. The van der Waals surface area contributed by atoms with Crippen molar-refractivity contribution in [3.63, 3.8) is 0 Å². The molecule has 0 bridgehead atoms. The van der Waals surface area contributed by atoms with E-state index < -0.39 is 15.9 Å². The Hall–Kier alpha value is -2.91. The Kier molecular flexibility index (Phi) is 6.45. The van der Waals surface area contributed by atoms with Crippen molar-refractivity contribution in [2.24, 2.45) is 5.73 Å². The summed E-state index contributed by atoms with van der Waals surface area (Å²) < 4.78 is 26.0. The molecule has 0 spiro atoms. The molecule has 0 saturated carbocycles. The average molecular weight is 470 g/mol. The first-order valence-electron chi connectivity index (χ1n) is 11.3. The number of nitrogens with one attached hydrogen (secondary N) is 1. The SMILES string of the molecule is CCN(C)c1ccc(-c2cc(C(N)=O)c3[nH]cc(C4CCN(S(=O)(=O)CC)CC4)c3c2)cn1. The van der Waals surface area contributed by atoms with E-state index in [1.807, 2.05) is 37.6 Å². The summed E-state index contributed by atoms with van der Waals surface area (Å²) in [6, 6.07) is 7.85. The fourth-order valence-corrected chi connectivity index (χ4v) is 5.66. The third kappa shape index (κ3) is 4.47. The van der Waals surface area contributed by atoms with Crippen LogP contribution in [0, 0.1) is 0 Å². The van der Waals surface area contributed by atoms with Crippen LogP contribution in [0.1, 0.15) is 48.5 Å². The number of rotatable bonds is 7. The van der Waals surface area contributed by atoms with Crippen LogP contribution in [0.5, 0.6) is 0 Å². The van der Waals surface area contributed by atoms with Gasteiger partial charge in [0.25, 0.3) is 5.91 Å². The van der Waals surface area contributed by atoms with Gasteiger partial charge in [-0.15, -0.1) is 0 Å². The predicted molar refractivity (Wildman–Crippen MR) is 132 cm³/mol. The van der Waals surface area contributed by atoms with Crippen LogP contribution < -0.4 is 10.6 Å². The molecule has 33 heavy (non-hydrogen) atoms. The second-order valence-corrected chi connectivity index (χ2v) is 10.8. The standard InChI is InChI=1S/C24H31N5O3S/c1-4-28(3)22-7-6-17(14-26-22)18-12-19-21(15-27-23(19)20(13-18)24(25)30)16-8-10-29(11-9-16)33(31,32)5-2/h6-7,12-16,27H,4-5,8-11H2,1-3H3,(H2,25,30). The van der Waals surface area contributed by atoms with E-state index in [4.69, 9.17) is 5.73 Å². The Labute approximate surface area is 194 Å². The third-order valence-corrected chi connectivity index (χ3v) is 8.57. The van der Waals surface area contributed by atoms with Gasteiger partial charge >= 0.3 is 0 Å². The number of pyridine rings is 1. The lowest BCUT2D eigenvalue weighted by Crippen LogP contribution is -2.38. The number of hydrogen-bond donors (Lipinski definition) is 2. The zero-order valence-electron chi connectivity index (χ0n) is 19.3. The van der Waals surface area contributed by atoms with Crippen LogP contribution in [-0.2, 0) is 10.0 Å². The fraction of sp³-hybridized carbons (Fsp3) is 0.417. The molecular formula is C24H31N5O3S. The van der Waals surface area contributed by atoms with E-state index in [0.29, 0.717) is 18.7 Å². The predicted octanol–water partition coefficient (Wildman–Crippen LogP) is 3.31. The van der Waals surface area contributed by atoms with Gasteiger partial charge in [0.15, 0.2) is 0 Å². The van der Waals surface area contributed by atoms with E-state index in [1.165, 1.54) is 0 Å². The van der Waals surface area contributed by atoms with Gasteiger partial charge in [-0.05, 0) is 68.0 Å². The summed E-state index contributed by atoms with van der Waals surface area (Å²) in [5, 5.41) is 0.952. The van der Waals surface area contributed by atoms with Gasteiger partial charge in [0.1, 0.15) is 5.82 Å². The molecule has 0 atom stereocenters. The molecule has 0 radical (unpaired) electrons. The molecule has 9 heteroatoms. The molecule has 176 valence electrons. The van der Waals surface area contributed by atoms with Crippen molar-refractivity contribution < 1.29 is 13.2 Å². The average Bonchev–Trinajstić information content (AvgIpc) is 3.27. The molecule has 0 unspecified atom stereocenters. The zero-order chi connectivity index (χ0) is 23.8. The summed E-state index contributed by atoms with van der Waals surface area (Å²) in [5.41, 5.74) is 9.76. The van der Waals surface area contributed by atoms with Crippen LogP contribution in [-0.4, -0.2) is 61.0 Å². The van der Waals surface area contributed by atoms with E-state index in [1.54, 1.807) is 11.2 Å². The Bertz CT molecular complexity index is 1260. The number of sulfonamides is 1. The maximum Gasteiger partial charge on any atom is 0.250 e. The molecule has 3 N–H and O–H groups in total. The summed E-state index contributed by atoms with van der Waals surface area (Å²) in [5.74, 6) is 0.719. The van der Waals surface area contributed by atoms with Crippen molar-refractivity contribution >= 4 is 32.7 Å². The smallest absolute Gasteiger partial charge is 0.250 e. The van der Waals surface area contributed by atoms with E-state index in [9.17, 15) is 13.2 Å². The van der Waals surface area contributed by atoms with Gasteiger partial charge in [0.2, 0.25) is 10.0 Å². The minimum Gasteiger partial charge on any atom is -0.366 e. The number of nitrogens with two attached hydrogens (primary N) is 1. The summed E-state index contributed by atoms with van der Waals surface area (Å²) in [4.78, 5) is 22.1. The highest BCUT2D eigenvalue weighted by Crippen LogP contribution is 2.37. The summed E-state index contributed by atoms with van der Waals surface area (Å²) in [6.07, 6.45) is 5.23. The highest BCUT2D eigenvalue weighted by Gasteiger charge is 2.29. The lowest BCUT2D eigenvalue weighted by molar-refractivity contribution is 0.100. The molecular weight excluding hydrogens is 438 g/mol. The molecule has 2 aromatic heterocycles. The quantitative estimate of drug-likeness (QED) is 0.551. The molecule has 0 aliphatic carbocycles. The molecule has 4 rings (SSSR count). The lowest BCUT2D eigenvalue weighted by atomic mass is 9.88. The van der Waals surface area contributed by atoms with Gasteiger partial charge in [-0.2, -0.15) is 0 Å². The minimum absolute atomic E-state index is 0.122. The highest BCUT2D eigenvalue weighted by molar-refractivity contribution is 7.89. The maximum atomic E-state index is 12.3. The number of H-pyrrole nitrogens is 1. The minimum atomic E-state index is -3.17. The number of aromatic nitrogens is 2. The number of hydrogen-bond acceptors (Lipinski definition) is 5. The lowest BCUT2D eigenvalue weighted by Gasteiger charge is -2.31. The molecule has 1 aliphatic heterocycles. The van der Waals surface area contributed by atoms with Gasteiger partial charge in [-0.1, -0.05) is 0 Å². The van der Waals surface area contributed by atoms with Crippen LogP contribution >= 0.6 is 0 Å². The second kappa shape index (κ2) is 9.15. The summed E-state index contributed by atoms with van der Waals surface area (Å²) in [7, 11) is -1.19. The normalized spacial score (nSPS) is 15.7. The van der Waals surface area contributed by atoms with Crippen molar-refractivity contribution in [2.75, 3.05) is 37.3 Å². The zero-order valence-corrected chi connectivity index (χ0v) is 20.2. The first kappa shape index (κ1) is 23.3. The first-order chi connectivity index (χ1) is 15.7. The molecule has 1 aliphatic rings. The number of carbonyl (C=O) groups is 1. The summed E-state index contributed by atoms with van der Waals surface area (Å²) in [6.45, 7) is 5.61. The number of benzene rings is 1. The van der Waals surface area contributed by atoms with Gasteiger partial charge < -0.3 is 15.6 Å². The largest absolute Gasteiger partial charge is 0.366 e. The van der Waals surface area contributed by atoms with Crippen molar-refractivity contribution in [2.45, 2.75) is 32.6 Å². The van der Waals surface area contributed by atoms with Crippen molar-refractivity contribution in [1.29, 1.82) is 0 Å². The fourth-order valence-electron chi connectivity index (χ4n) is 4.52. The van der Waals surface area contributed by atoms with E-state index in [-0.39, 0.29) is 11.7 Å². The molecule has 1 saturated heterocycles. The van der Waals surface area contributed by atoms with Gasteiger partial charge in [-0.3, -0.25) is 4.79 Å². The molecule has 1 fully saturated rings. The number of aromatic amines is 1. The van der Waals surface area contributed by atoms with Gasteiger partial charge in [0.05, 0.1) is 16.8 Å². The molecule has 3 aromatic rings. The molecule has 3 heterocycles. The van der Waals surface area contributed by atoms with Gasteiger partial charge in [0, 0.05) is 50.0 Å². The van der Waals surface area contributed by atoms with Crippen LogP contribution in [0.25, 0.3) is 22.0 Å². The molecule has 1 aromatic carbocycles. The number of fused-ring (bicyclic) bond motifs is 1. The van der Waals surface area contributed by atoms with Crippen molar-refractivity contribution in [3.05, 3.63) is 47.8 Å². The Morgan fingerprint density at radius 1 is 1.21 bits per heavy atom. The third-order valence-electron chi connectivity index (χ3n) is 6.69. The first-order valence-corrected chi connectivity index (χ1v) is 13.0. The maximum absolute atomic E-state index is 12.3. The number of carbonyl (C=O) groups excluding carboxylic acids is 1. The Balaban J connectivity index is 1.70. The number of amides is 1. The van der Waals surface area contributed by atoms with Gasteiger partial charge in [-0.25, -0.2) is 17.7 Å². The van der Waals surface area contributed by atoms with Crippen molar-refractivity contribution in [1.82, 2.24) is 14.3 Å². The second-order valence-electron chi connectivity index (χ2n) is 8.55. The number of piperidine rings is 1. The number of primary amides is 1.